The van der Waals surface area contributed by atoms with Crippen molar-refractivity contribution >= 4 is 23.9 Å². The van der Waals surface area contributed by atoms with Crippen LogP contribution in [0.5, 0.6) is 11.5 Å². The Kier molecular flexibility index (Phi) is 40.9. The van der Waals surface area contributed by atoms with Crippen LogP contribution in [0.4, 0.5) is 0 Å². The molecule has 0 N–H and O–H groups in total. The fourth-order valence-corrected chi connectivity index (χ4v) is 9.61. The number of unbranched alkanes of at least 4 members (excludes halogenated alkanes) is 8. The second kappa shape index (κ2) is 46.0. The van der Waals surface area contributed by atoms with Gasteiger partial charge in [0.1, 0.15) is 24.7 Å². The van der Waals surface area contributed by atoms with Crippen LogP contribution in [0.15, 0.2) is 85.0 Å². The van der Waals surface area contributed by atoms with Gasteiger partial charge in [-0.1, -0.05) is 102 Å². The number of esters is 4. The Bertz CT molecular complexity index is 1840. The molecule has 2 aromatic rings. The summed E-state index contributed by atoms with van der Waals surface area (Å²) in [5, 5.41) is 0. The largest absolute Gasteiger partial charge is 0.490 e. The molecule has 3 fully saturated rings. The van der Waals surface area contributed by atoms with Gasteiger partial charge in [0.15, 0.2) is 12.2 Å². The van der Waals surface area contributed by atoms with E-state index in [0.29, 0.717) is 70.2 Å². The lowest BCUT2D eigenvalue weighted by atomic mass is 9.82. The Morgan fingerprint density at radius 1 is 0.500 bits per heavy atom. The number of carbonyl (C=O) groups excluding carboxylic acids is 4. The number of hydrogen-bond acceptors (Lipinski definition) is 14. The summed E-state index contributed by atoms with van der Waals surface area (Å²) in [4.78, 5) is 47.2. The summed E-state index contributed by atoms with van der Waals surface area (Å²) >= 11 is 0. The molecule has 0 heterocycles. The van der Waals surface area contributed by atoms with Crippen LogP contribution in [0.2, 0.25) is 0 Å². The average Bonchev–Trinajstić information content (AvgIpc) is 4.25. The van der Waals surface area contributed by atoms with Crippen molar-refractivity contribution < 1.29 is 66.5 Å². The van der Waals surface area contributed by atoms with Crippen LogP contribution in [-0.4, -0.2) is 116 Å². The van der Waals surface area contributed by atoms with E-state index < -0.39 is 12.2 Å². The van der Waals surface area contributed by atoms with Gasteiger partial charge in [0.05, 0.1) is 26.4 Å². The molecule has 0 aromatic heterocycles. The molecule has 442 valence electrons. The van der Waals surface area contributed by atoms with Gasteiger partial charge < -0.3 is 47.4 Å². The fraction of sp³-hybridized carbons (Fsp3) is 0.688. The number of hydrogen-bond donors (Lipinski definition) is 0. The second-order valence-electron chi connectivity index (χ2n) is 20.7. The minimum Gasteiger partial charge on any atom is -0.490 e. The van der Waals surface area contributed by atoms with Crippen LogP contribution in [-0.2, 0) is 57.1 Å². The van der Waals surface area contributed by atoms with Crippen molar-refractivity contribution in [3.8, 4) is 11.5 Å². The highest BCUT2D eigenvalue weighted by atomic mass is 16.6. The first-order valence-corrected chi connectivity index (χ1v) is 29.5. The Morgan fingerprint density at radius 2 is 0.885 bits per heavy atom. The highest BCUT2D eigenvalue weighted by molar-refractivity contribution is 5.87. The SMILES string of the molecule is C1CC2C3CCC(C3)C2C1.C=C(C)C(=O)OCCCCCCC(=O)OC(COCCCCOC)COc1ccccc1.C=C(C)C(=O)OCCCCCCC(=O)OC(COCCCCOCC)COc1ccccc1.CCC. The Morgan fingerprint density at radius 3 is 1.28 bits per heavy atom. The molecule has 0 aliphatic heterocycles. The average molecular weight is 1100 g/mol. The zero-order chi connectivity index (χ0) is 56.9. The molecule has 14 nitrogen and oxygen atoms in total. The first kappa shape index (κ1) is 69.3. The number of ether oxygens (including phenoxy) is 10. The standard InChI is InChI=1S/C26H40O7.C25H38O7.C10H16.C3H8/c1-4-29-17-12-13-18-30-20-24(21-32-23-14-8-7-9-15-23)33-25(27)16-10-5-6-11-19-31-26(28)22(2)3;1-21(2)25(27)30-18-10-5-4-9-15-24(26)32-23(19-29-17-12-11-16-28-3)20-31-22-13-7-6-8-14-22;1-2-9-7-4-5-8(6-7)10(9)3-1;1-3-2/h7-9,14-15,24H,2,4-6,10-13,16-21H2,1,3H3;6-8,13-14,23H,1,4-5,9-12,15-20H2,2-3H3;7-10H,1-6H2;3H2,1-2H3. The quantitative estimate of drug-likeness (QED) is 0.0269. The smallest absolute Gasteiger partial charge is 0.333 e. The third-order valence-corrected chi connectivity index (χ3v) is 13.5. The van der Waals surface area contributed by atoms with Gasteiger partial charge >= 0.3 is 23.9 Å². The molecule has 3 aliphatic carbocycles. The maximum atomic E-state index is 12.3. The zero-order valence-electron chi connectivity index (χ0n) is 49.0. The van der Waals surface area contributed by atoms with Crippen molar-refractivity contribution in [2.45, 2.75) is 182 Å². The second-order valence-corrected chi connectivity index (χ2v) is 20.7. The summed E-state index contributed by atoms with van der Waals surface area (Å²) in [5.41, 5.74) is 0.801. The van der Waals surface area contributed by atoms with Crippen molar-refractivity contribution in [2.24, 2.45) is 23.7 Å². The van der Waals surface area contributed by atoms with Crippen LogP contribution >= 0.6 is 0 Å². The van der Waals surface area contributed by atoms with E-state index in [0.717, 1.165) is 102 Å². The molecule has 0 radical (unpaired) electrons. The molecule has 5 rings (SSSR count). The van der Waals surface area contributed by atoms with Crippen molar-refractivity contribution in [2.75, 3.05) is 79.8 Å². The van der Waals surface area contributed by atoms with Crippen LogP contribution < -0.4 is 9.47 Å². The third kappa shape index (κ3) is 34.3. The van der Waals surface area contributed by atoms with Gasteiger partial charge in [-0.3, -0.25) is 9.59 Å². The maximum absolute atomic E-state index is 12.3. The van der Waals surface area contributed by atoms with Crippen LogP contribution in [0.25, 0.3) is 0 Å². The Labute approximate surface area is 470 Å². The summed E-state index contributed by atoms with van der Waals surface area (Å²) < 4.78 is 54.6. The lowest BCUT2D eigenvalue weighted by Crippen LogP contribution is -2.30. The number of benzene rings is 2. The molecule has 2 aromatic carbocycles. The molecule has 78 heavy (non-hydrogen) atoms. The van der Waals surface area contributed by atoms with Gasteiger partial charge in [0, 0.05) is 64.1 Å². The molecule has 0 saturated heterocycles. The van der Waals surface area contributed by atoms with Gasteiger partial charge in [-0.25, -0.2) is 9.59 Å². The number of rotatable bonds is 39. The molecule has 3 saturated carbocycles. The predicted octanol–water partition coefficient (Wildman–Crippen LogP) is 13.6. The molecule has 0 spiro atoms. The van der Waals surface area contributed by atoms with Gasteiger partial charge in [-0.05, 0) is 152 Å². The Hall–Kier alpha value is -4.76. The van der Waals surface area contributed by atoms with E-state index in [9.17, 15) is 19.2 Å². The molecular formula is C64H102O14. The summed E-state index contributed by atoms with van der Waals surface area (Å²) in [5.74, 6) is 5.00. The van der Waals surface area contributed by atoms with Crippen molar-refractivity contribution in [1.82, 2.24) is 0 Å². The maximum Gasteiger partial charge on any atom is 0.333 e. The minimum atomic E-state index is -0.467. The van der Waals surface area contributed by atoms with E-state index >= 15 is 0 Å². The predicted molar refractivity (Wildman–Crippen MR) is 307 cm³/mol. The lowest BCUT2D eigenvalue weighted by Gasteiger charge is -2.23. The first-order valence-electron chi connectivity index (χ1n) is 29.5. The number of carbonyl (C=O) groups is 4. The van der Waals surface area contributed by atoms with Crippen LogP contribution in [0.3, 0.4) is 0 Å². The summed E-state index contributed by atoms with van der Waals surface area (Å²) in [7, 11) is 1.68. The van der Waals surface area contributed by atoms with Gasteiger partial charge in [0.25, 0.3) is 0 Å². The van der Waals surface area contributed by atoms with Crippen molar-refractivity contribution in [1.29, 1.82) is 0 Å². The highest BCUT2D eigenvalue weighted by Gasteiger charge is 2.48. The first-order chi connectivity index (χ1) is 37.9. The number of methoxy groups -OCH3 is 1. The number of para-hydroxylation sites is 2. The van der Waals surface area contributed by atoms with E-state index in [-0.39, 0.29) is 37.1 Å². The third-order valence-electron chi connectivity index (χ3n) is 13.5. The molecule has 0 amide bonds. The van der Waals surface area contributed by atoms with E-state index in [1.807, 2.05) is 67.6 Å². The summed E-state index contributed by atoms with van der Waals surface area (Å²) in [6.07, 6.45) is 20.6. The minimum absolute atomic E-state index is 0.238. The molecule has 3 aliphatic rings. The highest BCUT2D eigenvalue weighted by Crippen LogP contribution is 2.58. The fourth-order valence-electron chi connectivity index (χ4n) is 9.61. The molecular weight excluding hydrogens is 993 g/mol. The van der Waals surface area contributed by atoms with Crippen molar-refractivity contribution in [3.05, 3.63) is 85.0 Å². The topological polar surface area (TPSA) is 161 Å². The van der Waals surface area contributed by atoms with Gasteiger partial charge in [0.2, 0.25) is 0 Å². The van der Waals surface area contributed by atoms with Gasteiger partial charge in [-0.2, -0.15) is 0 Å². The normalized spacial score (nSPS) is 17.3. The summed E-state index contributed by atoms with van der Waals surface area (Å²) in [6, 6.07) is 18.8. The van der Waals surface area contributed by atoms with E-state index in [1.165, 1.54) is 30.1 Å². The van der Waals surface area contributed by atoms with Gasteiger partial charge in [-0.15, -0.1) is 0 Å². The van der Waals surface area contributed by atoms with Crippen LogP contribution in [0.1, 0.15) is 169 Å². The van der Waals surface area contributed by atoms with Crippen molar-refractivity contribution in [3.63, 3.8) is 0 Å². The molecule has 6 atom stereocenters. The molecule has 6 unspecified atom stereocenters. The van der Waals surface area contributed by atoms with Crippen LogP contribution in [0, 0.1) is 23.7 Å². The monoisotopic (exact) mass is 1090 g/mol. The lowest BCUT2D eigenvalue weighted by molar-refractivity contribution is -0.155. The Balaban J connectivity index is 0.000000430. The molecule has 14 heteroatoms. The van der Waals surface area contributed by atoms with E-state index in [1.54, 1.807) is 59.5 Å². The number of fused-ring (bicyclic) bond motifs is 5. The zero-order valence-corrected chi connectivity index (χ0v) is 49.0. The molecule has 2 bridgehead atoms. The van der Waals surface area contributed by atoms with E-state index in [4.69, 9.17) is 47.4 Å². The summed E-state index contributed by atoms with van der Waals surface area (Å²) in [6.45, 7) is 21.7. The van der Waals surface area contributed by atoms with E-state index in [2.05, 4.69) is 27.0 Å².